The first-order valence-corrected chi connectivity index (χ1v) is 7.29. The van der Waals surface area contributed by atoms with Crippen molar-refractivity contribution in [2.75, 3.05) is 18.4 Å². The highest BCUT2D eigenvalue weighted by atomic mass is 32.2. The summed E-state index contributed by atoms with van der Waals surface area (Å²) in [6.07, 6.45) is 3.10. The van der Waals surface area contributed by atoms with Gasteiger partial charge in [0.15, 0.2) is 0 Å². The summed E-state index contributed by atoms with van der Waals surface area (Å²) < 4.78 is 23.6. The van der Waals surface area contributed by atoms with E-state index in [9.17, 15) is 8.42 Å². The van der Waals surface area contributed by atoms with Crippen LogP contribution in [-0.2, 0) is 10.2 Å². The minimum Gasteiger partial charge on any atom is -0.351 e. The second-order valence-corrected chi connectivity index (χ2v) is 5.93. The van der Waals surface area contributed by atoms with Gasteiger partial charge in [-0.25, -0.2) is 15.1 Å². The number of anilines is 1. The van der Waals surface area contributed by atoms with E-state index in [-0.39, 0.29) is 6.04 Å². The Morgan fingerprint density at radius 3 is 2.67 bits per heavy atom. The topological polar surface area (TPSA) is 101 Å². The van der Waals surface area contributed by atoms with E-state index in [1.165, 1.54) is 4.31 Å². The highest BCUT2D eigenvalue weighted by Crippen LogP contribution is 2.15. The summed E-state index contributed by atoms with van der Waals surface area (Å²) in [6, 6.07) is 2.01. The minimum absolute atomic E-state index is 0.185. The number of nitrogens with zero attached hydrogens (tertiary/aromatic N) is 3. The number of aromatic nitrogens is 2. The van der Waals surface area contributed by atoms with Crippen LogP contribution in [-0.4, -0.2) is 41.8 Å². The van der Waals surface area contributed by atoms with Gasteiger partial charge < -0.3 is 5.32 Å². The van der Waals surface area contributed by atoms with Gasteiger partial charge >= 0.3 is 0 Å². The van der Waals surface area contributed by atoms with E-state index in [0.29, 0.717) is 31.9 Å². The van der Waals surface area contributed by atoms with Crippen LogP contribution in [0.4, 0.5) is 5.95 Å². The molecular formula is C10H17N5O2S. The average molecular weight is 271 g/mol. The molecule has 7 nitrogen and oxygen atoms in total. The average Bonchev–Trinajstić information content (AvgIpc) is 2.28. The first-order chi connectivity index (χ1) is 8.45. The van der Waals surface area contributed by atoms with Crippen molar-refractivity contribution < 1.29 is 8.42 Å². The lowest BCUT2D eigenvalue weighted by atomic mass is 10.1. The lowest BCUT2D eigenvalue weighted by Crippen LogP contribution is -2.45. The third-order valence-electron chi connectivity index (χ3n) is 2.94. The van der Waals surface area contributed by atoms with E-state index in [0.717, 1.165) is 5.69 Å². The van der Waals surface area contributed by atoms with Crippen LogP contribution in [0.25, 0.3) is 0 Å². The van der Waals surface area contributed by atoms with Gasteiger partial charge in [0.2, 0.25) is 5.95 Å². The number of aryl methyl sites for hydroxylation is 1. The SMILES string of the molecule is Cc1ccnc(NC2CCN(S(N)(=O)=O)CC2)n1. The van der Waals surface area contributed by atoms with Gasteiger partial charge in [-0.15, -0.1) is 0 Å². The lowest BCUT2D eigenvalue weighted by molar-refractivity contribution is 0.329. The summed E-state index contributed by atoms with van der Waals surface area (Å²) in [5.74, 6) is 0.587. The molecule has 1 aliphatic heterocycles. The summed E-state index contributed by atoms with van der Waals surface area (Å²) in [6.45, 7) is 2.76. The van der Waals surface area contributed by atoms with E-state index < -0.39 is 10.2 Å². The monoisotopic (exact) mass is 271 g/mol. The zero-order chi connectivity index (χ0) is 13.2. The second kappa shape index (κ2) is 5.17. The number of hydrogen-bond donors (Lipinski definition) is 2. The smallest absolute Gasteiger partial charge is 0.276 e. The van der Waals surface area contributed by atoms with E-state index in [4.69, 9.17) is 5.14 Å². The third-order valence-corrected chi connectivity index (χ3v) is 4.03. The van der Waals surface area contributed by atoms with Crippen LogP contribution in [0.15, 0.2) is 12.3 Å². The molecule has 0 saturated carbocycles. The number of nitrogens with one attached hydrogen (secondary N) is 1. The summed E-state index contributed by atoms with van der Waals surface area (Å²) in [4.78, 5) is 8.38. The first-order valence-electron chi connectivity index (χ1n) is 5.79. The molecule has 0 atom stereocenters. The van der Waals surface area contributed by atoms with Gasteiger partial charge in [0.05, 0.1) is 0 Å². The van der Waals surface area contributed by atoms with Crippen LogP contribution >= 0.6 is 0 Å². The van der Waals surface area contributed by atoms with Crippen molar-refractivity contribution in [3.8, 4) is 0 Å². The highest BCUT2D eigenvalue weighted by Gasteiger charge is 2.25. The Bertz CT molecular complexity index is 511. The predicted octanol–water partition coefficient (Wildman–Crippen LogP) is -0.135. The Balaban J connectivity index is 1.91. The molecule has 8 heteroatoms. The fourth-order valence-electron chi connectivity index (χ4n) is 1.96. The van der Waals surface area contributed by atoms with Crippen molar-refractivity contribution in [3.63, 3.8) is 0 Å². The van der Waals surface area contributed by atoms with Gasteiger partial charge in [-0.3, -0.25) is 0 Å². The molecule has 0 aromatic carbocycles. The minimum atomic E-state index is -3.55. The molecule has 1 saturated heterocycles. The van der Waals surface area contributed by atoms with Crippen LogP contribution in [0, 0.1) is 6.92 Å². The van der Waals surface area contributed by atoms with Crippen molar-refractivity contribution in [2.24, 2.45) is 5.14 Å². The maximum Gasteiger partial charge on any atom is 0.276 e. The van der Waals surface area contributed by atoms with E-state index in [1.54, 1.807) is 6.20 Å². The maximum absolute atomic E-state index is 11.2. The molecular weight excluding hydrogens is 254 g/mol. The molecule has 0 amide bonds. The van der Waals surface area contributed by atoms with Crippen molar-refractivity contribution in [1.82, 2.24) is 14.3 Å². The molecule has 18 heavy (non-hydrogen) atoms. The molecule has 1 fully saturated rings. The summed E-state index contributed by atoms with van der Waals surface area (Å²) in [5.41, 5.74) is 0.898. The molecule has 0 radical (unpaired) electrons. The number of hydrogen-bond acceptors (Lipinski definition) is 5. The standard InChI is InChI=1S/C10H17N5O2S/c1-8-2-5-12-10(13-8)14-9-3-6-15(7-4-9)18(11,16)17/h2,5,9H,3-4,6-7H2,1H3,(H2,11,16,17)(H,12,13,14). The van der Waals surface area contributed by atoms with E-state index >= 15 is 0 Å². The molecule has 0 aliphatic carbocycles. The van der Waals surface area contributed by atoms with Gasteiger partial charge in [0.1, 0.15) is 0 Å². The zero-order valence-electron chi connectivity index (χ0n) is 10.2. The normalized spacial score (nSPS) is 18.8. The Morgan fingerprint density at radius 2 is 2.11 bits per heavy atom. The summed E-state index contributed by atoms with van der Waals surface area (Å²) >= 11 is 0. The lowest BCUT2D eigenvalue weighted by Gasteiger charge is -2.30. The van der Waals surface area contributed by atoms with Gasteiger partial charge in [-0.05, 0) is 25.8 Å². The summed E-state index contributed by atoms with van der Waals surface area (Å²) in [7, 11) is -3.55. The molecule has 1 aromatic rings. The van der Waals surface area contributed by atoms with E-state index in [1.807, 2.05) is 13.0 Å². The maximum atomic E-state index is 11.2. The molecule has 100 valence electrons. The molecule has 0 bridgehead atoms. The number of rotatable bonds is 3. The Labute approximate surface area is 107 Å². The number of piperidine rings is 1. The van der Waals surface area contributed by atoms with Gasteiger partial charge in [-0.1, -0.05) is 0 Å². The van der Waals surface area contributed by atoms with Crippen molar-refractivity contribution in [2.45, 2.75) is 25.8 Å². The fraction of sp³-hybridized carbons (Fsp3) is 0.600. The van der Waals surface area contributed by atoms with Gasteiger partial charge in [0.25, 0.3) is 10.2 Å². The predicted molar refractivity (Wildman–Crippen MR) is 68.1 cm³/mol. The van der Waals surface area contributed by atoms with Gasteiger partial charge in [0, 0.05) is 31.0 Å². The highest BCUT2D eigenvalue weighted by molar-refractivity contribution is 7.86. The van der Waals surface area contributed by atoms with Crippen molar-refractivity contribution in [1.29, 1.82) is 0 Å². The molecule has 1 aromatic heterocycles. The van der Waals surface area contributed by atoms with Crippen molar-refractivity contribution in [3.05, 3.63) is 18.0 Å². The van der Waals surface area contributed by atoms with Crippen LogP contribution in [0.1, 0.15) is 18.5 Å². The van der Waals surface area contributed by atoms with Crippen molar-refractivity contribution >= 4 is 16.2 Å². The molecule has 2 heterocycles. The first kappa shape index (κ1) is 13.2. The van der Waals surface area contributed by atoms with E-state index in [2.05, 4.69) is 15.3 Å². The van der Waals surface area contributed by atoms with Crippen LogP contribution < -0.4 is 10.5 Å². The summed E-state index contributed by atoms with van der Waals surface area (Å²) in [5, 5.41) is 8.29. The second-order valence-electron chi connectivity index (χ2n) is 4.38. The quantitative estimate of drug-likeness (QED) is 0.797. The molecule has 1 aliphatic rings. The van der Waals surface area contributed by atoms with Crippen LogP contribution in [0.3, 0.4) is 0 Å². The molecule has 2 rings (SSSR count). The Kier molecular flexibility index (Phi) is 3.79. The number of nitrogens with two attached hydrogens (primary N) is 1. The fourth-order valence-corrected chi connectivity index (χ4v) is 2.68. The van der Waals surface area contributed by atoms with Crippen LogP contribution in [0.2, 0.25) is 0 Å². The van der Waals surface area contributed by atoms with Crippen LogP contribution in [0.5, 0.6) is 0 Å². The molecule has 0 unspecified atom stereocenters. The molecule has 3 N–H and O–H groups in total. The Morgan fingerprint density at radius 1 is 1.44 bits per heavy atom. The van der Waals surface area contributed by atoms with Gasteiger partial charge in [-0.2, -0.15) is 12.7 Å². The zero-order valence-corrected chi connectivity index (χ0v) is 11.0. The largest absolute Gasteiger partial charge is 0.351 e. The third kappa shape index (κ3) is 3.37. The Hall–Kier alpha value is -1.25. The molecule has 0 spiro atoms.